The SMILES string of the molecule is COC(=O)CC/C=C\CCCCC(=O)OC. The van der Waals surface area contributed by atoms with Gasteiger partial charge in [0, 0.05) is 12.8 Å². The molecule has 0 saturated heterocycles. The summed E-state index contributed by atoms with van der Waals surface area (Å²) in [5.41, 5.74) is 0. The lowest BCUT2D eigenvalue weighted by Gasteiger charge is -1.97. The summed E-state index contributed by atoms with van der Waals surface area (Å²) in [6.45, 7) is 0. The summed E-state index contributed by atoms with van der Waals surface area (Å²) in [5.74, 6) is -0.343. The third kappa shape index (κ3) is 9.24. The molecule has 0 rings (SSSR count). The molecule has 0 aromatic heterocycles. The van der Waals surface area contributed by atoms with Crippen LogP contribution in [0.4, 0.5) is 0 Å². The van der Waals surface area contributed by atoms with Gasteiger partial charge in [-0.2, -0.15) is 0 Å². The smallest absolute Gasteiger partial charge is 0.305 e. The van der Waals surface area contributed by atoms with E-state index >= 15 is 0 Å². The Hall–Kier alpha value is -1.32. The van der Waals surface area contributed by atoms with Crippen molar-refractivity contribution in [1.29, 1.82) is 0 Å². The van der Waals surface area contributed by atoms with E-state index in [2.05, 4.69) is 9.47 Å². The molecule has 0 heterocycles. The highest BCUT2D eigenvalue weighted by atomic mass is 16.5. The van der Waals surface area contributed by atoms with Crippen molar-refractivity contribution in [2.45, 2.75) is 38.5 Å². The van der Waals surface area contributed by atoms with Crippen LogP contribution in [0.1, 0.15) is 38.5 Å². The number of unbranched alkanes of at least 4 members (excludes halogenated alkanes) is 2. The van der Waals surface area contributed by atoms with Gasteiger partial charge < -0.3 is 9.47 Å². The summed E-state index contributed by atoms with van der Waals surface area (Å²) in [6.07, 6.45) is 8.34. The average Bonchev–Trinajstić information content (AvgIpc) is 2.31. The molecule has 0 aromatic rings. The van der Waals surface area contributed by atoms with Gasteiger partial charge in [-0.1, -0.05) is 12.2 Å². The fourth-order valence-electron chi connectivity index (χ4n) is 1.17. The molecule has 0 radical (unpaired) electrons. The van der Waals surface area contributed by atoms with E-state index in [-0.39, 0.29) is 11.9 Å². The lowest BCUT2D eigenvalue weighted by molar-refractivity contribution is -0.141. The Bertz CT molecular complexity index is 233. The first kappa shape index (κ1) is 14.7. The van der Waals surface area contributed by atoms with Crippen LogP contribution in [0.5, 0.6) is 0 Å². The fraction of sp³-hybridized carbons (Fsp3) is 0.667. The molecule has 0 spiro atoms. The van der Waals surface area contributed by atoms with Gasteiger partial charge in [-0.25, -0.2) is 0 Å². The number of hydrogen-bond donors (Lipinski definition) is 0. The summed E-state index contributed by atoms with van der Waals surface area (Å²) >= 11 is 0. The highest BCUT2D eigenvalue weighted by molar-refractivity contribution is 5.69. The second-order valence-corrected chi connectivity index (χ2v) is 3.41. The summed E-state index contributed by atoms with van der Waals surface area (Å²) < 4.78 is 9.04. The van der Waals surface area contributed by atoms with Crippen LogP contribution in [0.3, 0.4) is 0 Å². The van der Waals surface area contributed by atoms with Gasteiger partial charge in [0.05, 0.1) is 14.2 Å². The van der Waals surface area contributed by atoms with Crippen LogP contribution in [0.2, 0.25) is 0 Å². The maximum atomic E-state index is 10.8. The Kier molecular flexibility index (Phi) is 9.36. The molecular formula is C12H20O4. The van der Waals surface area contributed by atoms with E-state index in [1.807, 2.05) is 12.2 Å². The Balaban J connectivity index is 3.28. The topological polar surface area (TPSA) is 52.6 Å². The molecule has 0 saturated carbocycles. The predicted molar refractivity (Wildman–Crippen MR) is 60.9 cm³/mol. The third-order valence-electron chi connectivity index (χ3n) is 2.14. The van der Waals surface area contributed by atoms with Gasteiger partial charge in [0.2, 0.25) is 0 Å². The molecule has 0 amide bonds. The van der Waals surface area contributed by atoms with E-state index in [0.29, 0.717) is 19.3 Å². The van der Waals surface area contributed by atoms with Gasteiger partial charge in [-0.3, -0.25) is 9.59 Å². The molecule has 4 heteroatoms. The van der Waals surface area contributed by atoms with E-state index in [1.54, 1.807) is 0 Å². The molecule has 92 valence electrons. The average molecular weight is 228 g/mol. The summed E-state index contributed by atoms with van der Waals surface area (Å²) in [4.78, 5) is 21.5. The van der Waals surface area contributed by atoms with Crippen molar-refractivity contribution in [2.75, 3.05) is 14.2 Å². The molecule has 4 nitrogen and oxygen atoms in total. The van der Waals surface area contributed by atoms with E-state index in [9.17, 15) is 9.59 Å². The van der Waals surface area contributed by atoms with Crippen molar-refractivity contribution < 1.29 is 19.1 Å². The molecule has 0 unspecified atom stereocenters. The molecule has 0 atom stereocenters. The highest BCUT2D eigenvalue weighted by Gasteiger charge is 1.98. The van der Waals surface area contributed by atoms with Crippen molar-refractivity contribution >= 4 is 11.9 Å². The Morgan fingerprint density at radius 2 is 1.44 bits per heavy atom. The number of methoxy groups -OCH3 is 2. The van der Waals surface area contributed by atoms with Gasteiger partial charge >= 0.3 is 11.9 Å². The number of hydrogen-bond acceptors (Lipinski definition) is 4. The number of allylic oxidation sites excluding steroid dienone is 2. The summed E-state index contributed by atoms with van der Waals surface area (Å²) in [6, 6.07) is 0. The van der Waals surface area contributed by atoms with Crippen LogP contribution >= 0.6 is 0 Å². The van der Waals surface area contributed by atoms with Crippen LogP contribution in [-0.4, -0.2) is 26.2 Å². The second-order valence-electron chi connectivity index (χ2n) is 3.41. The van der Waals surface area contributed by atoms with Gasteiger partial charge in [0.25, 0.3) is 0 Å². The zero-order valence-electron chi connectivity index (χ0n) is 10.0. The molecule has 0 bridgehead atoms. The first-order valence-electron chi connectivity index (χ1n) is 5.49. The maximum absolute atomic E-state index is 10.8. The first-order valence-corrected chi connectivity index (χ1v) is 5.49. The zero-order valence-corrected chi connectivity index (χ0v) is 10.0. The Labute approximate surface area is 96.6 Å². The lowest BCUT2D eigenvalue weighted by atomic mass is 10.2. The van der Waals surface area contributed by atoms with Crippen molar-refractivity contribution in [2.24, 2.45) is 0 Å². The van der Waals surface area contributed by atoms with Gasteiger partial charge in [-0.15, -0.1) is 0 Å². The number of carbonyl (C=O) groups excluding carboxylic acids is 2. The van der Waals surface area contributed by atoms with E-state index < -0.39 is 0 Å². The van der Waals surface area contributed by atoms with Crippen molar-refractivity contribution in [3.05, 3.63) is 12.2 Å². The minimum Gasteiger partial charge on any atom is -0.469 e. The zero-order chi connectivity index (χ0) is 12.2. The Morgan fingerprint density at radius 3 is 2.06 bits per heavy atom. The molecule has 0 aliphatic heterocycles. The number of rotatable bonds is 8. The van der Waals surface area contributed by atoms with E-state index in [4.69, 9.17) is 0 Å². The normalized spacial score (nSPS) is 10.4. The van der Waals surface area contributed by atoms with E-state index in [1.165, 1.54) is 14.2 Å². The van der Waals surface area contributed by atoms with Gasteiger partial charge in [-0.05, 0) is 25.7 Å². The van der Waals surface area contributed by atoms with Crippen molar-refractivity contribution in [1.82, 2.24) is 0 Å². The Morgan fingerprint density at radius 1 is 0.875 bits per heavy atom. The molecule has 16 heavy (non-hydrogen) atoms. The van der Waals surface area contributed by atoms with Crippen LogP contribution < -0.4 is 0 Å². The molecule has 0 fully saturated rings. The van der Waals surface area contributed by atoms with Crippen LogP contribution in [0, 0.1) is 0 Å². The van der Waals surface area contributed by atoms with Crippen LogP contribution in [0.15, 0.2) is 12.2 Å². The predicted octanol–water partition coefficient (Wildman–Crippen LogP) is 2.23. The molecule has 0 aliphatic carbocycles. The molecule has 0 aliphatic rings. The van der Waals surface area contributed by atoms with Crippen LogP contribution in [-0.2, 0) is 19.1 Å². The number of carbonyl (C=O) groups is 2. The van der Waals surface area contributed by atoms with Crippen LogP contribution in [0.25, 0.3) is 0 Å². The second kappa shape index (κ2) is 10.2. The van der Waals surface area contributed by atoms with Crippen molar-refractivity contribution in [3.63, 3.8) is 0 Å². The molecule has 0 N–H and O–H groups in total. The molecular weight excluding hydrogens is 208 g/mol. The van der Waals surface area contributed by atoms with Crippen molar-refractivity contribution in [3.8, 4) is 0 Å². The molecule has 0 aromatic carbocycles. The lowest BCUT2D eigenvalue weighted by Crippen LogP contribution is -1.99. The van der Waals surface area contributed by atoms with E-state index in [0.717, 1.165) is 19.3 Å². The minimum atomic E-state index is -0.185. The fourth-order valence-corrected chi connectivity index (χ4v) is 1.17. The largest absolute Gasteiger partial charge is 0.469 e. The maximum Gasteiger partial charge on any atom is 0.305 e. The minimum absolute atomic E-state index is 0.158. The quantitative estimate of drug-likeness (QED) is 0.363. The third-order valence-corrected chi connectivity index (χ3v) is 2.14. The highest BCUT2D eigenvalue weighted by Crippen LogP contribution is 2.03. The first-order chi connectivity index (χ1) is 7.70. The number of esters is 2. The van der Waals surface area contributed by atoms with Gasteiger partial charge in [0.15, 0.2) is 0 Å². The summed E-state index contributed by atoms with van der Waals surface area (Å²) in [5, 5.41) is 0. The standard InChI is InChI=1S/C12H20O4/c1-15-11(13)9-7-5-3-4-6-8-10-12(14)16-2/h3,5H,4,6-10H2,1-2H3/b5-3-. The number of ether oxygens (including phenoxy) is 2. The summed E-state index contributed by atoms with van der Waals surface area (Å²) in [7, 11) is 2.79. The monoisotopic (exact) mass is 228 g/mol. The van der Waals surface area contributed by atoms with Gasteiger partial charge in [0.1, 0.15) is 0 Å².